The number of thiazole rings is 1. The second kappa shape index (κ2) is 28.2. The molecule has 1 aliphatic heterocycles. The number of aliphatic hydroxyl groups is 4. The Morgan fingerprint density at radius 3 is 1.68 bits per heavy atom. The van der Waals surface area contributed by atoms with Crippen LogP contribution in [0.4, 0.5) is 27.9 Å². The van der Waals surface area contributed by atoms with Crippen LogP contribution >= 0.6 is 32.9 Å². The van der Waals surface area contributed by atoms with E-state index in [1.807, 2.05) is 76.0 Å². The fourth-order valence-corrected chi connectivity index (χ4v) is 7.62. The number of aliphatic hydroxyl groups excluding tert-OH is 4. The van der Waals surface area contributed by atoms with E-state index in [1.165, 1.54) is 11.3 Å². The van der Waals surface area contributed by atoms with Crippen molar-refractivity contribution in [3.63, 3.8) is 0 Å². The number of aromatic nitrogens is 1. The van der Waals surface area contributed by atoms with Crippen LogP contribution in [0.1, 0.15) is 6.42 Å². The van der Waals surface area contributed by atoms with Crippen LogP contribution in [0.5, 0.6) is 0 Å². The van der Waals surface area contributed by atoms with Crippen LogP contribution in [0.2, 0.25) is 0 Å². The van der Waals surface area contributed by atoms with Crippen molar-refractivity contribution in [1.82, 2.24) is 10.6 Å². The van der Waals surface area contributed by atoms with Crippen LogP contribution in [0.3, 0.4) is 0 Å². The third kappa shape index (κ3) is 17.1. The topological polar surface area (TPSA) is 202 Å². The summed E-state index contributed by atoms with van der Waals surface area (Å²) in [4.78, 5) is 28.9. The second-order valence-electron chi connectivity index (χ2n) is 11.6. The summed E-state index contributed by atoms with van der Waals surface area (Å²) in [5, 5.41) is 62.6. The molecule has 2 aromatic carbocycles. The first-order valence-electron chi connectivity index (χ1n) is 17.4. The lowest BCUT2D eigenvalue weighted by molar-refractivity contribution is -0.667. The Morgan fingerprint density at radius 1 is 0.696 bits per heavy atom. The first-order valence-corrected chi connectivity index (χ1v) is 20.8. The van der Waals surface area contributed by atoms with Gasteiger partial charge < -0.3 is 74.8 Å². The molecule has 0 atom stereocenters. The molecule has 306 valence electrons. The van der Waals surface area contributed by atoms with Crippen LogP contribution in [-0.4, -0.2) is 126 Å². The molecule has 1 aromatic heterocycles. The maximum atomic E-state index is 12.6. The molecule has 0 aliphatic carbocycles. The number of amides is 2. The minimum absolute atomic E-state index is 0. The molecule has 0 unspecified atom stereocenters. The number of nitrogens with zero attached hydrogens (tertiary/aromatic N) is 8. The summed E-state index contributed by atoms with van der Waals surface area (Å²) in [5.41, 5.74) is 3.04. The molecule has 4 rings (SSSR count). The predicted molar refractivity (Wildman–Crippen MR) is 214 cm³/mol. The Morgan fingerprint density at radius 2 is 1.18 bits per heavy atom. The van der Waals surface area contributed by atoms with Gasteiger partial charge in [-0.15, -0.1) is 0 Å². The summed E-state index contributed by atoms with van der Waals surface area (Å²) < 4.78 is 3.51. The zero-order chi connectivity index (χ0) is 38.4. The van der Waals surface area contributed by atoms with Crippen molar-refractivity contribution in [1.29, 1.82) is 0 Å². The van der Waals surface area contributed by atoms with Crippen LogP contribution < -0.4 is 59.0 Å². The largest absolute Gasteiger partial charge is 1.00 e. The Labute approximate surface area is 359 Å². The molecule has 2 amide bonds. The summed E-state index contributed by atoms with van der Waals surface area (Å²) >= 11 is 1.38. The van der Waals surface area contributed by atoms with Crippen molar-refractivity contribution < 1.29 is 73.1 Å². The van der Waals surface area contributed by atoms with Gasteiger partial charge in [-0.3, -0.25) is 9.59 Å². The van der Waals surface area contributed by atoms with Gasteiger partial charge >= 0.3 is 11.0 Å². The van der Waals surface area contributed by atoms with E-state index in [2.05, 4.69) is 31.1 Å². The summed E-state index contributed by atoms with van der Waals surface area (Å²) in [6, 6.07) is 14.7. The van der Waals surface area contributed by atoms with Gasteiger partial charge in [0.15, 0.2) is 13.1 Å². The van der Waals surface area contributed by atoms with E-state index in [1.54, 1.807) is 36.9 Å². The van der Waals surface area contributed by atoms with Gasteiger partial charge in [0.25, 0.3) is 11.8 Å². The van der Waals surface area contributed by atoms with Gasteiger partial charge in [-0.25, -0.2) is 9.14 Å². The molecule has 0 saturated carbocycles. The Balaban J connectivity index is 0.00000541. The summed E-state index contributed by atoms with van der Waals surface area (Å²) in [6.07, 6.45) is 6.13. The smallest absolute Gasteiger partial charge is 0.408 e. The number of benzene rings is 2. The maximum absolute atomic E-state index is 12.6. The number of azo groups is 2. The zero-order valence-corrected chi connectivity index (χ0v) is 36.3. The Hall–Kier alpha value is -3.28. The van der Waals surface area contributed by atoms with Crippen LogP contribution in [0.25, 0.3) is 0 Å². The van der Waals surface area contributed by atoms with Crippen LogP contribution in [0, 0.1) is 0 Å². The van der Waals surface area contributed by atoms with Gasteiger partial charge in [0.05, 0.1) is 49.3 Å². The van der Waals surface area contributed by atoms with Crippen molar-refractivity contribution in [3.8, 4) is 0 Å². The first kappa shape index (κ1) is 48.9. The van der Waals surface area contributed by atoms with E-state index in [9.17, 15) is 30.0 Å². The highest BCUT2D eigenvalue weighted by Crippen LogP contribution is 2.24. The highest BCUT2D eigenvalue weighted by Gasteiger charge is 2.20. The number of hydrogen-bond donors (Lipinski definition) is 6. The van der Waals surface area contributed by atoms with Gasteiger partial charge in [-0.2, -0.15) is 0 Å². The van der Waals surface area contributed by atoms with Gasteiger partial charge in [-0.05, 0) is 76.2 Å². The molecule has 2 heterocycles. The minimum atomic E-state index is -0.130. The molecular weight excluding hydrogens is 912 g/mol. The molecule has 0 radical (unpaired) electrons. The van der Waals surface area contributed by atoms with Crippen molar-refractivity contribution in [2.45, 2.75) is 13.0 Å². The average molecular weight is 961 g/mol. The first-order chi connectivity index (χ1) is 26.4. The number of amidine groups is 1. The Kier molecular flexibility index (Phi) is 24.6. The molecule has 1 aliphatic rings. The molecule has 3 aromatic rings. The zero-order valence-electron chi connectivity index (χ0n) is 30.7. The normalized spacial score (nSPS) is 12.2. The molecule has 21 heteroatoms. The molecule has 0 spiro atoms. The van der Waals surface area contributed by atoms with Crippen molar-refractivity contribution in [2.75, 3.05) is 93.5 Å². The van der Waals surface area contributed by atoms with E-state index in [0.29, 0.717) is 79.5 Å². The van der Waals surface area contributed by atoms with E-state index in [0.717, 1.165) is 11.4 Å². The molecule has 56 heavy (non-hydrogen) atoms. The molecular formula is C35H48Br2N10O6S3. The quantitative estimate of drug-likeness (QED) is 0.0230. The van der Waals surface area contributed by atoms with Crippen LogP contribution in [0.15, 0.2) is 92.8 Å². The number of nitrogens with one attached hydrogen (secondary N) is 2. The monoisotopic (exact) mass is 958 g/mol. The summed E-state index contributed by atoms with van der Waals surface area (Å²) in [6.45, 7) is 2.92. The lowest BCUT2D eigenvalue weighted by atomic mass is 10.2. The Bertz CT molecular complexity index is 1720. The third-order valence-electron chi connectivity index (χ3n) is 7.74. The highest BCUT2D eigenvalue weighted by atomic mass is 79.9. The molecule has 16 nitrogen and oxygen atoms in total. The van der Waals surface area contributed by atoms with Gasteiger partial charge in [0.2, 0.25) is 0 Å². The van der Waals surface area contributed by atoms with Gasteiger partial charge in [-0.1, -0.05) is 21.6 Å². The van der Waals surface area contributed by atoms with Crippen molar-refractivity contribution in [2.24, 2.45) is 20.5 Å². The number of rotatable bonds is 24. The summed E-state index contributed by atoms with van der Waals surface area (Å²) in [5.74, 6) is 1.85. The molecule has 6 N–H and O–H groups in total. The lowest BCUT2D eigenvalue weighted by Gasteiger charge is -2.22. The fraction of sp³-hybridized carbons (Fsp3) is 0.429. The van der Waals surface area contributed by atoms with E-state index in [-0.39, 0.29) is 85.3 Å². The number of anilines is 2. The molecule has 0 saturated heterocycles. The number of hydrogen-bond acceptors (Lipinski definition) is 15. The van der Waals surface area contributed by atoms with E-state index in [4.69, 9.17) is 0 Å². The van der Waals surface area contributed by atoms with Crippen molar-refractivity contribution >= 4 is 78.5 Å². The molecule has 0 fully saturated rings. The van der Waals surface area contributed by atoms with Gasteiger partial charge in [0, 0.05) is 67.5 Å². The van der Waals surface area contributed by atoms with Crippen molar-refractivity contribution in [3.05, 3.63) is 72.4 Å². The van der Waals surface area contributed by atoms with E-state index >= 15 is 0 Å². The number of carbonyl (C=O) groups is 2. The highest BCUT2D eigenvalue weighted by molar-refractivity contribution is 8.76. The van der Waals surface area contributed by atoms with E-state index < -0.39 is 0 Å². The predicted octanol–water partition coefficient (Wildman–Crippen LogP) is -3.23. The van der Waals surface area contributed by atoms with Gasteiger partial charge in [0.1, 0.15) is 17.6 Å². The minimum Gasteiger partial charge on any atom is -1.00 e. The van der Waals surface area contributed by atoms with Crippen LogP contribution in [-0.2, 0) is 16.1 Å². The fourth-order valence-electron chi connectivity index (χ4n) is 5.13. The summed E-state index contributed by atoms with van der Waals surface area (Å²) in [7, 11) is 3.25. The number of halogens is 2. The second-order valence-corrected chi connectivity index (χ2v) is 15.2. The number of carbonyl (C=O) groups excluding carboxylic acids is 2. The average Bonchev–Trinajstić information content (AvgIpc) is 3.83. The SMILES string of the molecule is O=C(C[N+]1=C(N=Nc2ccc(N(CCO)CCO)cc2)CC=C1)NCCSSCCNC(=O)C[n+]1ccsc1N=Nc1ccc(N(CCO)CCO)cc1.[Br-].[Br-]. The third-order valence-corrected chi connectivity index (χ3v) is 10.9. The lowest BCUT2D eigenvalue weighted by Crippen LogP contribution is -3.00. The molecule has 0 bridgehead atoms. The maximum Gasteiger partial charge on any atom is 0.408 e. The standard InChI is InChI=1S/C35H46N10O6S3.2BrH/c46-19-14-42(15-20-47)30-7-3-28(4-8-30)38-40-32-2-1-13-44(32)26-33(50)36-11-23-53-54-24-12-37-34(51)27-45-18-25-52-35(45)41-39-29-5-9-31(10-6-29)43(16-21-48)17-22-49;;/h1,3-10,13,18,25,46-49H,2,11-12,14-17,19-24,26-27H2;2*1H.